The lowest BCUT2D eigenvalue weighted by Crippen LogP contribution is -2.32. The highest BCUT2D eigenvalue weighted by Crippen LogP contribution is 2.19. The summed E-state index contributed by atoms with van der Waals surface area (Å²) in [6.45, 7) is 3.82. The molecule has 1 atom stereocenters. The van der Waals surface area contributed by atoms with Gasteiger partial charge in [-0.15, -0.1) is 0 Å². The van der Waals surface area contributed by atoms with E-state index in [4.69, 9.17) is 10.5 Å². The molecule has 3 N–H and O–H groups in total. The van der Waals surface area contributed by atoms with Crippen molar-refractivity contribution in [2.75, 3.05) is 5.32 Å². The summed E-state index contributed by atoms with van der Waals surface area (Å²) in [6, 6.07) is 14.0. The number of rotatable bonds is 6. The summed E-state index contributed by atoms with van der Waals surface area (Å²) in [7, 11) is 0. The Balaban J connectivity index is 2.05. The van der Waals surface area contributed by atoms with Crippen molar-refractivity contribution >= 4 is 17.5 Å². The molecule has 0 aliphatic carbocycles. The highest BCUT2D eigenvalue weighted by Gasteiger charge is 2.19. The van der Waals surface area contributed by atoms with Gasteiger partial charge in [-0.05, 0) is 49.2 Å². The van der Waals surface area contributed by atoms with Crippen molar-refractivity contribution in [2.24, 2.45) is 5.73 Å². The van der Waals surface area contributed by atoms with Gasteiger partial charge in [0.25, 0.3) is 5.91 Å². The predicted molar refractivity (Wildman–Crippen MR) is 89.5 cm³/mol. The van der Waals surface area contributed by atoms with Crippen molar-refractivity contribution in [3.05, 3.63) is 59.7 Å². The number of nitrogens with two attached hydrogens (primary N) is 1. The van der Waals surface area contributed by atoms with E-state index in [2.05, 4.69) is 5.32 Å². The predicted octanol–water partition coefficient (Wildman–Crippen LogP) is 2.89. The molecule has 0 unspecified atom stereocenters. The Morgan fingerprint density at radius 2 is 1.78 bits per heavy atom. The molecule has 0 fully saturated rings. The minimum absolute atomic E-state index is 0.234. The van der Waals surface area contributed by atoms with Gasteiger partial charge in [-0.2, -0.15) is 0 Å². The molecule has 2 aromatic carbocycles. The van der Waals surface area contributed by atoms with Crippen molar-refractivity contribution in [3.8, 4) is 5.75 Å². The van der Waals surface area contributed by atoms with Crippen molar-refractivity contribution in [3.63, 3.8) is 0 Å². The number of carbonyl (C=O) groups excluding carboxylic acids is 2. The lowest BCUT2D eigenvalue weighted by atomic mass is 10.2. The number of amides is 2. The smallest absolute Gasteiger partial charge is 0.265 e. The fourth-order valence-electron chi connectivity index (χ4n) is 2.10. The van der Waals surface area contributed by atoms with Crippen LogP contribution in [0.25, 0.3) is 0 Å². The molecule has 0 saturated heterocycles. The van der Waals surface area contributed by atoms with Gasteiger partial charge in [0.05, 0.1) is 0 Å². The van der Waals surface area contributed by atoms with E-state index in [0.29, 0.717) is 23.4 Å². The van der Waals surface area contributed by atoms with Gasteiger partial charge < -0.3 is 15.8 Å². The average molecular weight is 312 g/mol. The molecule has 0 heterocycles. The quantitative estimate of drug-likeness (QED) is 0.860. The largest absolute Gasteiger partial charge is 0.480 e. The van der Waals surface area contributed by atoms with E-state index in [-0.39, 0.29) is 5.91 Å². The van der Waals surface area contributed by atoms with Gasteiger partial charge >= 0.3 is 0 Å². The molecule has 0 aliphatic rings. The Morgan fingerprint density at radius 1 is 1.13 bits per heavy atom. The minimum Gasteiger partial charge on any atom is -0.480 e. The van der Waals surface area contributed by atoms with Crippen LogP contribution in [0.1, 0.15) is 29.3 Å². The number of hydrogen-bond donors (Lipinski definition) is 2. The minimum atomic E-state index is -0.591. The van der Waals surface area contributed by atoms with Crippen LogP contribution in [0.15, 0.2) is 48.5 Å². The van der Waals surface area contributed by atoms with Crippen molar-refractivity contribution in [2.45, 2.75) is 26.4 Å². The lowest BCUT2D eigenvalue weighted by molar-refractivity contribution is -0.122. The van der Waals surface area contributed by atoms with Crippen LogP contribution in [0.4, 0.5) is 5.69 Å². The Morgan fingerprint density at radius 3 is 2.35 bits per heavy atom. The maximum Gasteiger partial charge on any atom is 0.265 e. The first-order valence-corrected chi connectivity index (χ1v) is 7.44. The van der Waals surface area contributed by atoms with Gasteiger partial charge in [-0.3, -0.25) is 9.59 Å². The third kappa shape index (κ3) is 4.32. The second-order valence-electron chi connectivity index (χ2n) is 5.21. The molecular formula is C18H20N2O3. The van der Waals surface area contributed by atoms with Gasteiger partial charge in [0.1, 0.15) is 5.75 Å². The summed E-state index contributed by atoms with van der Waals surface area (Å²) < 4.78 is 5.80. The maximum atomic E-state index is 12.4. The van der Waals surface area contributed by atoms with E-state index in [9.17, 15) is 9.59 Å². The zero-order chi connectivity index (χ0) is 16.8. The summed E-state index contributed by atoms with van der Waals surface area (Å²) >= 11 is 0. The van der Waals surface area contributed by atoms with Crippen LogP contribution < -0.4 is 15.8 Å². The second kappa shape index (κ2) is 7.45. The van der Waals surface area contributed by atoms with E-state index in [1.165, 1.54) is 0 Å². The summed E-state index contributed by atoms with van der Waals surface area (Å²) in [5.74, 6) is -0.0432. The zero-order valence-electron chi connectivity index (χ0n) is 13.2. The number of primary amides is 1. The summed E-state index contributed by atoms with van der Waals surface area (Å²) in [5.41, 5.74) is 7.15. The van der Waals surface area contributed by atoms with Crippen LogP contribution in [0, 0.1) is 6.92 Å². The number of nitrogens with one attached hydrogen (secondary N) is 1. The number of anilines is 1. The van der Waals surface area contributed by atoms with Crippen LogP contribution in [0.2, 0.25) is 0 Å². The van der Waals surface area contributed by atoms with E-state index in [1.807, 2.05) is 38.1 Å². The van der Waals surface area contributed by atoms with E-state index in [1.54, 1.807) is 24.3 Å². The molecule has 120 valence electrons. The first-order chi connectivity index (χ1) is 11.0. The average Bonchev–Trinajstić information content (AvgIpc) is 2.54. The van der Waals surface area contributed by atoms with Crippen molar-refractivity contribution in [1.29, 1.82) is 0 Å². The topological polar surface area (TPSA) is 81.4 Å². The Labute approximate surface area is 135 Å². The number of benzene rings is 2. The fourth-order valence-corrected chi connectivity index (χ4v) is 2.10. The molecule has 0 bridgehead atoms. The highest BCUT2D eigenvalue weighted by atomic mass is 16.5. The van der Waals surface area contributed by atoms with E-state index in [0.717, 1.165) is 5.56 Å². The zero-order valence-corrected chi connectivity index (χ0v) is 13.2. The van der Waals surface area contributed by atoms with Crippen LogP contribution in [-0.4, -0.2) is 17.9 Å². The van der Waals surface area contributed by atoms with E-state index >= 15 is 0 Å². The molecule has 0 saturated carbocycles. The number of para-hydroxylation sites is 1. The molecule has 0 spiro atoms. The highest BCUT2D eigenvalue weighted by molar-refractivity contribution is 5.96. The first kappa shape index (κ1) is 16.5. The molecular weight excluding hydrogens is 292 g/mol. The van der Waals surface area contributed by atoms with Crippen LogP contribution in [-0.2, 0) is 4.79 Å². The number of hydrogen-bond acceptors (Lipinski definition) is 3. The summed E-state index contributed by atoms with van der Waals surface area (Å²) in [5, 5.41) is 2.78. The monoisotopic (exact) mass is 312 g/mol. The molecule has 0 aromatic heterocycles. The van der Waals surface area contributed by atoms with Crippen LogP contribution >= 0.6 is 0 Å². The van der Waals surface area contributed by atoms with Gasteiger partial charge in [0.15, 0.2) is 6.10 Å². The van der Waals surface area contributed by atoms with Gasteiger partial charge in [0.2, 0.25) is 5.91 Å². The Kier molecular flexibility index (Phi) is 5.36. The van der Waals surface area contributed by atoms with Gasteiger partial charge in [-0.25, -0.2) is 0 Å². The van der Waals surface area contributed by atoms with Crippen LogP contribution in [0.5, 0.6) is 5.75 Å². The van der Waals surface area contributed by atoms with Crippen LogP contribution in [0.3, 0.4) is 0 Å². The second-order valence-corrected chi connectivity index (χ2v) is 5.21. The molecule has 5 nitrogen and oxygen atoms in total. The Bertz CT molecular complexity index is 696. The number of ether oxygens (including phenoxy) is 1. The third-order valence-corrected chi connectivity index (χ3v) is 3.46. The first-order valence-electron chi connectivity index (χ1n) is 7.44. The normalized spacial score (nSPS) is 11.6. The molecule has 2 amide bonds. The SMILES string of the molecule is CC[C@H](Oc1ccccc1C)C(=O)Nc1ccc(C(N)=O)cc1. The summed E-state index contributed by atoms with van der Waals surface area (Å²) in [6.07, 6.45) is -0.0496. The fraction of sp³-hybridized carbons (Fsp3) is 0.222. The van der Waals surface area contributed by atoms with Gasteiger partial charge in [0, 0.05) is 11.3 Å². The number of carbonyl (C=O) groups is 2. The standard InChI is InChI=1S/C18H20N2O3/c1-3-15(23-16-7-5-4-6-12(16)2)18(22)20-14-10-8-13(9-11-14)17(19)21/h4-11,15H,3H2,1-2H3,(H2,19,21)(H,20,22)/t15-/m0/s1. The Hall–Kier alpha value is -2.82. The molecule has 0 aliphatic heterocycles. The van der Waals surface area contributed by atoms with Crippen molar-refractivity contribution < 1.29 is 14.3 Å². The summed E-state index contributed by atoms with van der Waals surface area (Å²) in [4.78, 5) is 23.4. The van der Waals surface area contributed by atoms with Gasteiger partial charge in [-0.1, -0.05) is 25.1 Å². The molecule has 23 heavy (non-hydrogen) atoms. The third-order valence-electron chi connectivity index (χ3n) is 3.46. The molecule has 0 radical (unpaired) electrons. The molecule has 5 heteroatoms. The molecule has 2 rings (SSSR count). The lowest BCUT2D eigenvalue weighted by Gasteiger charge is -2.18. The van der Waals surface area contributed by atoms with Crippen molar-refractivity contribution in [1.82, 2.24) is 0 Å². The molecule has 2 aromatic rings. The maximum absolute atomic E-state index is 12.4. The number of aryl methyl sites for hydroxylation is 1. The van der Waals surface area contributed by atoms with E-state index < -0.39 is 12.0 Å².